The maximum Gasteiger partial charge on any atom is 0.163 e. The van der Waals surface area contributed by atoms with Crippen molar-refractivity contribution in [1.29, 1.82) is 0 Å². The first-order chi connectivity index (χ1) is 14.4. The van der Waals surface area contributed by atoms with Crippen molar-refractivity contribution >= 4 is 0 Å². The number of allylic oxidation sites excluding steroid dienone is 6. The summed E-state index contributed by atoms with van der Waals surface area (Å²) in [5.74, 6) is 1.94. The summed E-state index contributed by atoms with van der Waals surface area (Å²) in [6, 6.07) is 10.4. The van der Waals surface area contributed by atoms with Crippen LogP contribution in [0.5, 0.6) is 0 Å². The van der Waals surface area contributed by atoms with Crippen LogP contribution in [0.2, 0.25) is 0 Å². The van der Waals surface area contributed by atoms with E-state index in [1.165, 1.54) is 16.7 Å². The molecule has 0 amide bonds. The Morgan fingerprint density at radius 1 is 1.17 bits per heavy atom. The van der Waals surface area contributed by atoms with Gasteiger partial charge < -0.3 is 15.2 Å². The quantitative estimate of drug-likeness (QED) is 0.658. The number of hydrazine groups is 1. The number of aliphatic hydroxyl groups is 1. The van der Waals surface area contributed by atoms with E-state index in [0.29, 0.717) is 0 Å². The molecule has 0 radical (unpaired) electrons. The predicted molar refractivity (Wildman–Crippen MR) is 120 cm³/mol. The smallest absolute Gasteiger partial charge is 0.163 e. The Bertz CT molecular complexity index is 925. The summed E-state index contributed by atoms with van der Waals surface area (Å²) in [5, 5.41) is 16.6. The molecule has 5 heteroatoms. The summed E-state index contributed by atoms with van der Waals surface area (Å²) >= 11 is 0. The lowest BCUT2D eigenvalue weighted by Crippen LogP contribution is -2.64. The zero-order valence-corrected chi connectivity index (χ0v) is 18.5. The number of fused-ring (bicyclic) bond motifs is 1. The third-order valence-corrected chi connectivity index (χ3v) is 6.06. The van der Waals surface area contributed by atoms with Crippen molar-refractivity contribution < 1.29 is 9.84 Å². The molecular weight excluding hydrogens is 374 g/mol. The molecule has 0 aromatic heterocycles. The lowest BCUT2D eigenvalue weighted by Gasteiger charge is -2.48. The van der Waals surface area contributed by atoms with Crippen LogP contribution in [0.25, 0.3) is 0 Å². The zero-order chi connectivity index (χ0) is 21.3. The molecule has 0 fully saturated rings. The highest BCUT2D eigenvalue weighted by molar-refractivity contribution is 5.50. The van der Waals surface area contributed by atoms with E-state index in [1.54, 1.807) is 0 Å². The topological polar surface area (TPSA) is 56.8 Å². The standard InChI is InChI=1S/C25H33N3O2/c1-5-18-14-19-15-20-21(16-23(19)30-22(18)6-2)28(24(29)25(3,4)27-20)26-13-12-17-10-8-7-9-11-17/h7-11,14,16,24,26-27,29H,5-6,12-13,15H2,1-4H3/t24-/m1/s1. The molecular formula is C25H33N3O2. The second kappa shape index (κ2) is 8.32. The Morgan fingerprint density at radius 2 is 1.93 bits per heavy atom. The predicted octanol–water partition coefficient (Wildman–Crippen LogP) is 4.27. The number of nitrogens with zero attached hydrogens (tertiary/aromatic N) is 1. The lowest BCUT2D eigenvalue weighted by molar-refractivity contribution is -0.0691. The molecule has 160 valence electrons. The third-order valence-electron chi connectivity index (χ3n) is 6.06. The number of hydrogen-bond donors (Lipinski definition) is 3. The van der Waals surface area contributed by atoms with Gasteiger partial charge in [0, 0.05) is 36.7 Å². The Balaban J connectivity index is 1.59. The van der Waals surface area contributed by atoms with E-state index in [2.05, 4.69) is 61.0 Å². The third kappa shape index (κ3) is 3.92. The second-order valence-electron chi connectivity index (χ2n) is 8.71. The van der Waals surface area contributed by atoms with Gasteiger partial charge in [0.2, 0.25) is 0 Å². The summed E-state index contributed by atoms with van der Waals surface area (Å²) in [4.78, 5) is 0. The molecule has 2 heterocycles. The molecule has 1 aromatic rings. The van der Waals surface area contributed by atoms with Crippen molar-refractivity contribution in [2.24, 2.45) is 0 Å². The highest BCUT2D eigenvalue weighted by atomic mass is 16.5. The zero-order valence-electron chi connectivity index (χ0n) is 18.5. The van der Waals surface area contributed by atoms with Gasteiger partial charge in [0.05, 0.1) is 11.2 Å². The first-order valence-corrected chi connectivity index (χ1v) is 11.0. The van der Waals surface area contributed by atoms with Crippen LogP contribution in [-0.4, -0.2) is 28.4 Å². The van der Waals surface area contributed by atoms with Crippen molar-refractivity contribution in [1.82, 2.24) is 15.8 Å². The van der Waals surface area contributed by atoms with Crippen LogP contribution in [0.1, 0.15) is 52.5 Å². The van der Waals surface area contributed by atoms with Crippen LogP contribution in [0.3, 0.4) is 0 Å². The molecule has 0 saturated heterocycles. The largest absolute Gasteiger partial charge is 0.461 e. The van der Waals surface area contributed by atoms with Gasteiger partial charge in [-0.2, -0.15) is 0 Å². The fourth-order valence-electron chi connectivity index (χ4n) is 4.34. The number of aliphatic hydroxyl groups excluding tert-OH is 1. The number of benzene rings is 1. The second-order valence-corrected chi connectivity index (χ2v) is 8.71. The van der Waals surface area contributed by atoms with Crippen LogP contribution in [0.15, 0.2) is 76.5 Å². The lowest BCUT2D eigenvalue weighted by atomic mass is 9.90. The van der Waals surface area contributed by atoms with Gasteiger partial charge >= 0.3 is 0 Å². The summed E-state index contributed by atoms with van der Waals surface area (Å²) in [6.45, 7) is 9.10. The summed E-state index contributed by atoms with van der Waals surface area (Å²) in [5.41, 5.74) is 8.82. The average Bonchev–Trinajstić information content (AvgIpc) is 2.75. The van der Waals surface area contributed by atoms with Gasteiger partial charge in [-0.1, -0.05) is 44.2 Å². The Labute approximate surface area is 179 Å². The highest BCUT2D eigenvalue weighted by Crippen LogP contribution is 2.40. The molecule has 30 heavy (non-hydrogen) atoms. The normalized spacial score (nSPS) is 22.6. The minimum absolute atomic E-state index is 0.474. The molecule has 3 N–H and O–H groups in total. The molecule has 2 aliphatic heterocycles. The molecule has 5 nitrogen and oxygen atoms in total. The van der Waals surface area contributed by atoms with Crippen molar-refractivity contribution in [2.75, 3.05) is 6.54 Å². The van der Waals surface area contributed by atoms with Crippen LogP contribution >= 0.6 is 0 Å². The molecule has 3 aliphatic rings. The van der Waals surface area contributed by atoms with E-state index in [4.69, 9.17) is 4.74 Å². The van der Waals surface area contributed by atoms with E-state index in [9.17, 15) is 5.11 Å². The summed E-state index contributed by atoms with van der Waals surface area (Å²) in [7, 11) is 0. The van der Waals surface area contributed by atoms with E-state index in [0.717, 1.165) is 55.1 Å². The SMILES string of the molecule is CCC1=C(CC)OC2=CC3=C(CC2=C1)NC(C)(C)[C@@H](O)N3NCCc1ccccc1. The van der Waals surface area contributed by atoms with E-state index >= 15 is 0 Å². The Morgan fingerprint density at radius 3 is 2.63 bits per heavy atom. The van der Waals surface area contributed by atoms with E-state index in [1.807, 2.05) is 24.9 Å². The molecule has 4 rings (SSSR count). The number of rotatable bonds is 6. The minimum Gasteiger partial charge on any atom is -0.461 e. The van der Waals surface area contributed by atoms with Crippen molar-refractivity contribution in [3.63, 3.8) is 0 Å². The maximum absolute atomic E-state index is 11.1. The van der Waals surface area contributed by atoms with Gasteiger partial charge in [0.1, 0.15) is 11.5 Å². The monoisotopic (exact) mass is 407 g/mol. The fraction of sp³-hybridized carbons (Fsp3) is 0.440. The molecule has 0 bridgehead atoms. The van der Waals surface area contributed by atoms with E-state index < -0.39 is 11.8 Å². The van der Waals surface area contributed by atoms with Gasteiger partial charge in [-0.15, -0.1) is 0 Å². The molecule has 1 aliphatic carbocycles. The molecule has 0 unspecified atom stereocenters. The number of hydrogen-bond acceptors (Lipinski definition) is 5. The van der Waals surface area contributed by atoms with Crippen molar-refractivity contribution in [3.05, 3.63) is 82.1 Å². The van der Waals surface area contributed by atoms with Crippen LogP contribution in [0.4, 0.5) is 0 Å². The molecule has 1 aromatic carbocycles. The maximum atomic E-state index is 11.1. The Kier molecular flexibility index (Phi) is 5.76. The average molecular weight is 408 g/mol. The van der Waals surface area contributed by atoms with Crippen LogP contribution in [-0.2, 0) is 11.2 Å². The molecule has 1 atom stereocenters. The number of ether oxygens (including phenoxy) is 1. The van der Waals surface area contributed by atoms with Gasteiger partial charge in [0.25, 0.3) is 0 Å². The fourth-order valence-corrected chi connectivity index (χ4v) is 4.34. The van der Waals surface area contributed by atoms with Crippen LogP contribution < -0.4 is 10.7 Å². The van der Waals surface area contributed by atoms with Gasteiger partial charge in [-0.3, -0.25) is 5.01 Å². The van der Waals surface area contributed by atoms with Gasteiger partial charge in [-0.25, -0.2) is 5.43 Å². The van der Waals surface area contributed by atoms with E-state index in [-0.39, 0.29) is 0 Å². The Hall–Kier alpha value is -2.50. The molecule has 0 saturated carbocycles. The summed E-state index contributed by atoms with van der Waals surface area (Å²) < 4.78 is 6.28. The summed E-state index contributed by atoms with van der Waals surface area (Å²) in [6.07, 6.45) is 7.15. The first-order valence-electron chi connectivity index (χ1n) is 11.0. The van der Waals surface area contributed by atoms with Crippen molar-refractivity contribution in [3.8, 4) is 0 Å². The van der Waals surface area contributed by atoms with Gasteiger partial charge in [0.15, 0.2) is 6.23 Å². The molecule has 0 spiro atoms. The van der Waals surface area contributed by atoms with Crippen molar-refractivity contribution in [2.45, 2.75) is 65.1 Å². The van der Waals surface area contributed by atoms with Crippen LogP contribution in [0, 0.1) is 0 Å². The highest BCUT2D eigenvalue weighted by Gasteiger charge is 2.41. The number of nitrogens with one attached hydrogen (secondary N) is 2. The van der Waals surface area contributed by atoms with Gasteiger partial charge in [-0.05, 0) is 43.9 Å². The minimum atomic E-state index is -0.703. The first kappa shape index (κ1) is 20.8.